The van der Waals surface area contributed by atoms with Gasteiger partial charge in [0.05, 0.1) is 35.6 Å². The first-order valence-corrected chi connectivity index (χ1v) is 12.0. The van der Waals surface area contributed by atoms with E-state index in [9.17, 15) is 27.9 Å². The van der Waals surface area contributed by atoms with Gasteiger partial charge >= 0.3 is 12.1 Å². The highest BCUT2D eigenvalue weighted by Gasteiger charge is 2.43. The molecule has 0 fully saturated rings. The Kier molecular flexibility index (Phi) is 5.32. The third-order valence-electron chi connectivity index (χ3n) is 6.89. The molecule has 0 aliphatic carbocycles. The number of aromatic amines is 2. The van der Waals surface area contributed by atoms with Crippen LogP contribution in [0.25, 0.3) is 32.7 Å². The van der Waals surface area contributed by atoms with Crippen LogP contribution in [0.2, 0.25) is 0 Å². The maximum Gasteiger partial charge on any atom is 0.432 e. The Morgan fingerprint density at radius 2 is 1.95 bits per heavy atom. The number of anilines is 1. The number of amides is 1. The molecule has 0 radical (unpaired) electrons. The minimum atomic E-state index is -4.94. The molecule has 0 saturated heterocycles. The summed E-state index contributed by atoms with van der Waals surface area (Å²) in [6.07, 6.45) is -3.40. The van der Waals surface area contributed by atoms with Crippen molar-refractivity contribution in [3.63, 3.8) is 0 Å². The smallest absolute Gasteiger partial charge is 0.432 e. The maximum atomic E-state index is 13.9. The molecule has 0 unspecified atom stereocenters. The van der Waals surface area contributed by atoms with E-state index in [1.165, 1.54) is 17.2 Å². The number of phenolic OH excluding ortho intramolecular Hbond substituents is 1. The normalized spacial score (nSPS) is 15.5. The van der Waals surface area contributed by atoms with Crippen LogP contribution < -0.4 is 4.90 Å². The van der Waals surface area contributed by atoms with E-state index >= 15 is 0 Å². The number of benzene rings is 2. The predicted molar refractivity (Wildman–Crippen MR) is 135 cm³/mol. The Hall–Kier alpha value is -4.25. The van der Waals surface area contributed by atoms with Crippen LogP contribution in [0.4, 0.5) is 18.9 Å². The second kappa shape index (κ2) is 8.38. The molecule has 1 amide bonds. The number of ether oxygens (including phenoxy) is 1. The summed E-state index contributed by atoms with van der Waals surface area (Å²) >= 11 is 6.21. The lowest BCUT2D eigenvalue weighted by Crippen LogP contribution is -2.30. The number of hydrogen-bond donors (Lipinski definition) is 3. The lowest BCUT2D eigenvalue weighted by atomic mass is 9.95. The van der Waals surface area contributed by atoms with Crippen LogP contribution in [0, 0.1) is 0 Å². The van der Waals surface area contributed by atoms with Crippen molar-refractivity contribution in [2.45, 2.75) is 12.1 Å². The molecule has 4 heterocycles. The molecule has 5 aromatic rings. The number of halogens is 4. The summed E-state index contributed by atoms with van der Waals surface area (Å²) in [5.41, 5.74) is -0.334. The number of nitrogens with zero attached hydrogens (tertiary/aromatic N) is 2. The highest BCUT2D eigenvalue weighted by molar-refractivity contribution is 6.20. The third kappa shape index (κ3) is 3.42. The fourth-order valence-electron chi connectivity index (χ4n) is 5.26. The van der Waals surface area contributed by atoms with Crippen molar-refractivity contribution in [3.8, 4) is 5.75 Å². The van der Waals surface area contributed by atoms with Gasteiger partial charge in [0, 0.05) is 46.1 Å². The number of phenols is 1. The van der Waals surface area contributed by atoms with Gasteiger partial charge in [-0.05, 0) is 17.7 Å². The molecule has 6 rings (SSSR count). The molecule has 1 aliphatic heterocycles. The van der Waals surface area contributed by atoms with Gasteiger partial charge < -0.3 is 24.7 Å². The van der Waals surface area contributed by atoms with Gasteiger partial charge in [0.1, 0.15) is 17.1 Å². The fraction of sp³-hybridized carbons (Fsp3) is 0.192. The van der Waals surface area contributed by atoms with Crippen molar-refractivity contribution in [2.24, 2.45) is 0 Å². The van der Waals surface area contributed by atoms with Crippen molar-refractivity contribution < 1.29 is 32.6 Å². The topological polar surface area (TPSA) is 111 Å². The van der Waals surface area contributed by atoms with Gasteiger partial charge in [-0.3, -0.25) is 4.79 Å². The van der Waals surface area contributed by atoms with E-state index in [0.717, 1.165) is 28.9 Å². The number of fused-ring (bicyclic) bond motifs is 6. The number of aromatic nitrogens is 3. The van der Waals surface area contributed by atoms with Crippen molar-refractivity contribution in [2.75, 3.05) is 24.4 Å². The molecule has 0 spiro atoms. The first-order valence-electron chi connectivity index (χ1n) is 11.4. The molecular weight excluding hydrogens is 525 g/mol. The lowest BCUT2D eigenvalue weighted by molar-refractivity contribution is -0.141. The van der Waals surface area contributed by atoms with Crippen LogP contribution in [-0.4, -0.2) is 51.5 Å². The van der Waals surface area contributed by atoms with E-state index in [2.05, 4.69) is 19.7 Å². The van der Waals surface area contributed by atoms with Crippen LogP contribution in [0.15, 0.2) is 42.6 Å². The molecule has 0 bridgehead atoms. The monoisotopic (exact) mass is 542 g/mol. The number of carbonyl (C=O) groups is 2. The number of alkyl halides is 4. The van der Waals surface area contributed by atoms with E-state index in [1.54, 1.807) is 6.07 Å². The Balaban J connectivity index is 1.55. The van der Waals surface area contributed by atoms with Gasteiger partial charge in [-0.2, -0.15) is 13.2 Å². The molecule has 1 atom stereocenters. The van der Waals surface area contributed by atoms with Crippen molar-refractivity contribution in [3.05, 3.63) is 65.1 Å². The van der Waals surface area contributed by atoms with Gasteiger partial charge in [0.2, 0.25) is 0 Å². The fourth-order valence-corrected chi connectivity index (χ4v) is 5.51. The predicted octanol–water partition coefficient (Wildman–Crippen LogP) is 5.69. The highest BCUT2D eigenvalue weighted by atomic mass is 35.5. The minimum absolute atomic E-state index is 0.0109. The van der Waals surface area contributed by atoms with Gasteiger partial charge in [0.15, 0.2) is 0 Å². The summed E-state index contributed by atoms with van der Waals surface area (Å²) in [5, 5.41) is 12.2. The molecule has 3 N–H and O–H groups in total. The molecule has 8 nitrogen and oxygen atoms in total. The molecule has 2 aromatic carbocycles. The van der Waals surface area contributed by atoms with Crippen molar-refractivity contribution >= 4 is 61.9 Å². The lowest BCUT2D eigenvalue weighted by Gasteiger charge is -2.17. The first kappa shape index (κ1) is 24.1. The van der Waals surface area contributed by atoms with Crippen LogP contribution in [-0.2, 0) is 10.9 Å². The zero-order chi connectivity index (χ0) is 26.9. The van der Waals surface area contributed by atoms with Crippen LogP contribution in [0.1, 0.15) is 38.0 Å². The Labute approximate surface area is 217 Å². The number of para-hydroxylation sites is 1. The average Bonchev–Trinajstić information content (AvgIpc) is 3.58. The van der Waals surface area contributed by atoms with Gasteiger partial charge in [0.25, 0.3) is 5.91 Å². The number of esters is 1. The number of aromatic hydroxyl groups is 1. The Morgan fingerprint density at radius 1 is 1.18 bits per heavy atom. The third-order valence-corrected chi connectivity index (χ3v) is 7.26. The number of H-pyrrole nitrogens is 2. The summed E-state index contributed by atoms with van der Waals surface area (Å²) in [6.45, 7) is 0.0109. The largest absolute Gasteiger partial charge is 0.506 e. The Bertz CT molecular complexity index is 1790. The molecule has 12 heteroatoms. The van der Waals surface area contributed by atoms with E-state index in [1.807, 2.05) is 24.3 Å². The zero-order valence-corrected chi connectivity index (χ0v) is 20.4. The van der Waals surface area contributed by atoms with Crippen LogP contribution >= 0.6 is 11.6 Å². The number of hydrogen-bond acceptors (Lipinski definition) is 5. The SMILES string of the molecule is COC(=O)c1c(C(F)(F)F)[nH]c2c(O)cc3c(c12)[C@H](CCl)CN3C(=O)c1cc2c(cn1)[nH]c1ccccc12. The highest BCUT2D eigenvalue weighted by Crippen LogP contribution is 2.49. The van der Waals surface area contributed by atoms with Gasteiger partial charge in [-0.25, -0.2) is 9.78 Å². The van der Waals surface area contributed by atoms with Gasteiger partial charge in [-0.1, -0.05) is 18.2 Å². The zero-order valence-electron chi connectivity index (χ0n) is 19.6. The summed E-state index contributed by atoms with van der Waals surface area (Å²) in [6, 6.07) is 10.4. The molecule has 0 saturated carbocycles. The molecule has 194 valence electrons. The van der Waals surface area contributed by atoms with Crippen molar-refractivity contribution in [1.29, 1.82) is 0 Å². The average molecular weight is 543 g/mol. The molecule has 1 aliphatic rings. The van der Waals surface area contributed by atoms with E-state index < -0.39 is 41.0 Å². The number of carbonyl (C=O) groups excluding carboxylic acids is 2. The Morgan fingerprint density at radius 3 is 2.66 bits per heavy atom. The second-order valence-corrected chi connectivity index (χ2v) is 9.30. The first-order chi connectivity index (χ1) is 18.1. The number of pyridine rings is 1. The summed E-state index contributed by atoms with van der Waals surface area (Å²) < 4.78 is 46.2. The standard InChI is InChI=1S/C26H18ClF3N4O4/c1-38-25(37)21-20-19-11(8-27)10-34(17(19)7-18(35)22(20)33-23(21)26(28,29)30)24(36)15-6-13-12-4-2-3-5-14(12)32-16(13)9-31-15/h2-7,9,11,32-33,35H,8,10H2,1H3/t11-/m1/s1. The summed E-state index contributed by atoms with van der Waals surface area (Å²) in [5.74, 6) is -3.01. The van der Waals surface area contributed by atoms with Crippen LogP contribution in [0.3, 0.4) is 0 Å². The quantitative estimate of drug-likeness (QED) is 0.200. The molecular formula is C26H18ClF3N4O4. The second-order valence-electron chi connectivity index (χ2n) is 9.00. The number of nitrogens with one attached hydrogen (secondary N) is 2. The maximum absolute atomic E-state index is 13.9. The summed E-state index contributed by atoms with van der Waals surface area (Å²) in [7, 11) is 0.964. The minimum Gasteiger partial charge on any atom is -0.506 e. The van der Waals surface area contributed by atoms with E-state index in [-0.39, 0.29) is 40.3 Å². The molecule has 38 heavy (non-hydrogen) atoms. The number of methoxy groups -OCH3 is 1. The summed E-state index contributed by atoms with van der Waals surface area (Å²) in [4.78, 5) is 37.2. The number of rotatable bonds is 3. The molecule has 3 aromatic heterocycles. The van der Waals surface area contributed by atoms with E-state index in [4.69, 9.17) is 11.6 Å². The van der Waals surface area contributed by atoms with Crippen LogP contribution in [0.5, 0.6) is 5.75 Å². The van der Waals surface area contributed by atoms with Crippen molar-refractivity contribution in [1.82, 2.24) is 15.0 Å². The van der Waals surface area contributed by atoms with E-state index in [0.29, 0.717) is 0 Å². The van der Waals surface area contributed by atoms with Gasteiger partial charge in [-0.15, -0.1) is 11.6 Å².